The molecule has 0 aliphatic carbocycles. The molecule has 0 aliphatic rings. The first kappa shape index (κ1) is 9.97. The highest BCUT2D eigenvalue weighted by Crippen LogP contribution is 2.13. The molecule has 0 aliphatic heterocycles. The summed E-state index contributed by atoms with van der Waals surface area (Å²) in [5.74, 6) is 0. The van der Waals surface area contributed by atoms with E-state index in [2.05, 4.69) is 26.0 Å². The molecule has 1 heteroatoms. The van der Waals surface area contributed by atoms with E-state index in [0.29, 0.717) is 5.71 Å². The molecule has 0 fully saturated rings. The van der Waals surface area contributed by atoms with E-state index in [0.717, 1.165) is 12.0 Å². The highest BCUT2D eigenvalue weighted by atomic mass is 14.4. The lowest BCUT2D eigenvalue weighted by Crippen LogP contribution is -1.96. The van der Waals surface area contributed by atoms with E-state index in [-0.39, 0.29) is 0 Å². The van der Waals surface area contributed by atoms with Gasteiger partial charge in [0.05, 0.1) is 0 Å². The summed E-state index contributed by atoms with van der Waals surface area (Å²) in [7, 11) is 0. The average molecular weight is 175 g/mol. The highest BCUT2D eigenvalue weighted by molar-refractivity contribution is 5.96. The van der Waals surface area contributed by atoms with Gasteiger partial charge in [0.1, 0.15) is 0 Å². The second kappa shape index (κ2) is 4.22. The fourth-order valence-electron chi connectivity index (χ4n) is 1.44. The van der Waals surface area contributed by atoms with Gasteiger partial charge in [-0.3, -0.25) is 0 Å². The van der Waals surface area contributed by atoms with Crippen LogP contribution in [0.5, 0.6) is 0 Å². The number of nitrogens with one attached hydrogen (secondary N) is 1. The van der Waals surface area contributed by atoms with Gasteiger partial charge in [-0.15, -0.1) is 0 Å². The first-order valence-corrected chi connectivity index (χ1v) is 4.80. The smallest absolute Gasteiger partial charge is 0.0355 e. The molecule has 0 spiro atoms. The molecule has 0 bridgehead atoms. The molecule has 1 nitrogen and oxygen atoms in total. The fourth-order valence-corrected chi connectivity index (χ4v) is 1.44. The predicted octanol–water partition coefficient (Wildman–Crippen LogP) is 3.34. The number of rotatable bonds is 3. The van der Waals surface area contributed by atoms with Crippen LogP contribution in [0.25, 0.3) is 0 Å². The van der Waals surface area contributed by atoms with E-state index in [1.807, 2.05) is 13.0 Å². The maximum Gasteiger partial charge on any atom is 0.0355 e. The summed E-state index contributed by atoms with van der Waals surface area (Å²) >= 11 is 0. The average Bonchev–Trinajstić information content (AvgIpc) is 2.08. The minimum absolute atomic E-state index is 0.650. The van der Waals surface area contributed by atoms with Crippen molar-refractivity contribution in [2.45, 2.75) is 33.6 Å². The van der Waals surface area contributed by atoms with Crippen molar-refractivity contribution < 1.29 is 0 Å². The van der Waals surface area contributed by atoms with Crippen LogP contribution < -0.4 is 0 Å². The standard InChI is InChI=1S/C12H17N/c1-4-5-11-8-12(10(3)13)7-6-9(11)2/h6-8,13H,4-5H2,1-3H3. The van der Waals surface area contributed by atoms with Crippen LogP contribution in [-0.4, -0.2) is 5.71 Å². The summed E-state index contributed by atoms with van der Waals surface area (Å²) in [5.41, 5.74) is 4.42. The Kier molecular flexibility index (Phi) is 3.24. The van der Waals surface area contributed by atoms with Gasteiger partial charge in [0.25, 0.3) is 0 Å². The maximum absolute atomic E-state index is 7.53. The molecule has 1 aromatic carbocycles. The third-order valence-corrected chi connectivity index (χ3v) is 2.30. The largest absolute Gasteiger partial charge is 0.305 e. The number of benzene rings is 1. The highest BCUT2D eigenvalue weighted by Gasteiger charge is 2.00. The van der Waals surface area contributed by atoms with Crippen LogP contribution in [0.2, 0.25) is 0 Å². The molecule has 1 rings (SSSR count). The Balaban J connectivity index is 3.03. The minimum Gasteiger partial charge on any atom is -0.305 e. The number of hydrogen-bond donors (Lipinski definition) is 1. The lowest BCUT2D eigenvalue weighted by molar-refractivity contribution is 0.912. The third kappa shape index (κ3) is 2.41. The van der Waals surface area contributed by atoms with Crippen LogP contribution >= 0.6 is 0 Å². The van der Waals surface area contributed by atoms with Crippen molar-refractivity contribution in [3.8, 4) is 0 Å². The van der Waals surface area contributed by atoms with Crippen molar-refractivity contribution in [3.05, 3.63) is 34.9 Å². The first-order chi connectivity index (χ1) is 6.15. The van der Waals surface area contributed by atoms with Gasteiger partial charge in [-0.2, -0.15) is 0 Å². The molecular formula is C12H17N. The van der Waals surface area contributed by atoms with Crippen molar-refractivity contribution in [1.82, 2.24) is 0 Å². The van der Waals surface area contributed by atoms with Crippen molar-refractivity contribution >= 4 is 5.71 Å². The zero-order valence-electron chi connectivity index (χ0n) is 8.65. The summed E-state index contributed by atoms with van der Waals surface area (Å²) < 4.78 is 0. The zero-order valence-corrected chi connectivity index (χ0v) is 8.65. The molecule has 0 saturated heterocycles. The van der Waals surface area contributed by atoms with Crippen LogP contribution in [0.15, 0.2) is 18.2 Å². The Morgan fingerprint density at radius 2 is 2.08 bits per heavy atom. The molecule has 0 radical (unpaired) electrons. The first-order valence-electron chi connectivity index (χ1n) is 4.80. The number of hydrogen-bond acceptors (Lipinski definition) is 1. The SMILES string of the molecule is CCCc1cc(C(C)=N)ccc1C. The summed E-state index contributed by atoms with van der Waals surface area (Å²) in [6, 6.07) is 6.27. The van der Waals surface area contributed by atoms with Crippen LogP contribution in [0.4, 0.5) is 0 Å². The van der Waals surface area contributed by atoms with Crippen LogP contribution in [0, 0.1) is 12.3 Å². The van der Waals surface area contributed by atoms with Crippen LogP contribution in [0.3, 0.4) is 0 Å². The van der Waals surface area contributed by atoms with Gasteiger partial charge in [0, 0.05) is 5.71 Å². The third-order valence-electron chi connectivity index (χ3n) is 2.30. The normalized spacial score (nSPS) is 10.1. The fraction of sp³-hybridized carbons (Fsp3) is 0.417. The summed E-state index contributed by atoms with van der Waals surface area (Å²) in [6.07, 6.45) is 2.29. The maximum atomic E-state index is 7.53. The minimum atomic E-state index is 0.650. The van der Waals surface area contributed by atoms with Crippen LogP contribution in [0.1, 0.15) is 37.0 Å². The predicted molar refractivity (Wildman–Crippen MR) is 57.7 cm³/mol. The van der Waals surface area contributed by atoms with E-state index in [1.165, 1.54) is 17.5 Å². The Morgan fingerprint density at radius 1 is 1.38 bits per heavy atom. The zero-order chi connectivity index (χ0) is 9.84. The van der Waals surface area contributed by atoms with Crippen molar-refractivity contribution in [1.29, 1.82) is 5.41 Å². The van der Waals surface area contributed by atoms with Gasteiger partial charge in [0.15, 0.2) is 0 Å². The second-order valence-electron chi connectivity index (χ2n) is 3.52. The molecule has 1 aromatic rings. The second-order valence-corrected chi connectivity index (χ2v) is 3.52. The Hall–Kier alpha value is -1.11. The molecule has 0 heterocycles. The molecule has 13 heavy (non-hydrogen) atoms. The van der Waals surface area contributed by atoms with E-state index in [9.17, 15) is 0 Å². The molecule has 0 unspecified atom stereocenters. The Labute approximate surface area is 80.3 Å². The van der Waals surface area contributed by atoms with Crippen molar-refractivity contribution in [2.75, 3.05) is 0 Å². The molecular weight excluding hydrogens is 158 g/mol. The van der Waals surface area contributed by atoms with Gasteiger partial charge < -0.3 is 5.41 Å². The lowest BCUT2D eigenvalue weighted by atomic mass is 9.99. The van der Waals surface area contributed by atoms with Gasteiger partial charge in [-0.25, -0.2) is 0 Å². The molecule has 0 amide bonds. The molecule has 0 aromatic heterocycles. The summed E-state index contributed by atoms with van der Waals surface area (Å²) in [4.78, 5) is 0. The number of aryl methyl sites for hydroxylation is 2. The monoisotopic (exact) mass is 175 g/mol. The van der Waals surface area contributed by atoms with Crippen LogP contribution in [-0.2, 0) is 6.42 Å². The topological polar surface area (TPSA) is 23.9 Å². The van der Waals surface area contributed by atoms with E-state index in [1.54, 1.807) is 0 Å². The van der Waals surface area contributed by atoms with Gasteiger partial charge in [-0.05, 0) is 43.0 Å². The molecule has 70 valence electrons. The van der Waals surface area contributed by atoms with Gasteiger partial charge >= 0.3 is 0 Å². The van der Waals surface area contributed by atoms with Crippen molar-refractivity contribution in [2.24, 2.45) is 0 Å². The van der Waals surface area contributed by atoms with E-state index < -0.39 is 0 Å². The molecule has 1 N–H and O–H groups in total. The summed E-state index contributed by atoms with van der Waals surface area (Å²) in [6.45, 7) is 6.15. The molecule has 0 atom stereocenters. The van der Waals surface area contributed by atoms with Crippen molar-refractivity contribution in [3.63, 3.8) is 0 Å². The van der Waals surface area contributed by atoms with E-state index in [4.69, 9.17) is 5.41 Å². The Bertz CT molecular complexity index is 313. The summed E-state index contributed by atoms with van der Waals surface area (Å²) in [5, 5.41) is 7.53. The van der Waals surface area contributed by atoms with E-state index >= 15 is 0 Å². The van der Waals surface area contributed by atoms with Gasteiger partial charge in [0.2, 0.25) is 0 Å². The quantitative estimate of drug-likeness (QED) is 0.681. The van der Waals surface area contributed by atoms with Gasteiger partial charge in [-0.1, -0.05) is 25.5 Å². The molecule has 0 saturated carbocycles. The lowest BCUT2D eigenvalue weighted by Gasteiger charge is -2.06. The Morgan fingerprint density at radius 3 is 2.62 bits per heavy atom.